The van der Waals surface area contributed by atoms with Gasteiger partial charge in [-0.15, -0.1) is 0 Å². The normalized spacial score (nSPS) is 11.1. The highest BCUT2D eigenvalue weighted by Crippen LogP contribution is 2.18. The molecule has 0 radical (unpaired) electrons. The van der Waals surface area contributed by atoms with Crippen molar-refractivity contribution in [1.82, 2.24) is 0 Å². The molecule has 182 valence electrons. The van der Waals surface area contributed by atoms with Crippen LogP contribution < -0.4 is 4.74 Å². The number of halogens is 1. The van der Waals surface area contributed by atoms with Crippen molar-refractivity contribution in [2.45, 2.75) is 0 Å². The Morgan fingerprint density at radius 3 is 2.19 bits per heavy atom. The number of hydrogen-bond donors (Lipinski definition) is 0. The predicted octanol–water partition coefficient (Wildman–Crippen LogP) is 6.60. The molecular formula is C29H19FN2O5. The summed E-state index contributed by atoms with van der Waals surface area (Å²) in [6.07, 6.45) is 4.68. The summed E-state index contributed by atoms with van der Waals surface area (Å²) in [4.78, 5) is 39.3. The summed E-state index contributed by atoms with van der Waals surface area (Å²) >= 11 is 0. The zero-order chi connectivity index (χ0) is 26.2. The molecule has 4 aromatic carbocycles. The van der Waals surface area contributed by atoms with Crippen LogP contribution >= 0.6 is 0 Å². The van der Waals surface area contributed by atoms with Crippen LogP contribution in [0.2, 0.25) is 0 Å². The Morgan fingerprint density at radius 1 is 0.838 bits per heavy atom. The van der Waals surface area contributed by atoms with Crippen molar-refractivity contribution in [3.05, 3.63) is 141 Å². The Labute approximate surface area is 211 Å². The number of hydrogen-bond acceptors (Lipinski definition) is 6. The summed E-state index contributed by atoms with van der Waals surface area (Å²) in [5, 5.41) is 10.9. The molecule has 8 heteroatoms. The maximum absolute atomic E-state index is 13.0. The second kappa shape index (κ2) is 11.5. The van der Waals surface area contributed by atoms with Crippen LogP contribution in [0.25, 0.3) is 6.08 Å². The van der Waals surface area contributed by atoms with E-state index in [1.807, 2.05) is 0 Å². The van der Waals surface area contributed by atoms with Crippen LogP contribution in [0.5, 0.6) is 5.75 Å². The summed E-state index contributed by atoms with van der Waals surface area (Å²) in [5.74, 6) is -0.940. The van der Waals surface area contributed by atoms with E-state index in [1.54, 1.807) is 73.0 Å². The number of ketones is 1. The van der Waals surface area contributed by atoms with E-state index < -0.39 is 10.9 Å². The summed E-state index contributed by atoms with van der Waals surface area (Å²) in [5.41, 5.74) is 2.48. The second-order valence-corrected chi connectivity index (χ2v) is 7.82. The number of non-ortho nitro benzene ring substituents is 1. The Bertz CT molecular complexity index is 1490. The van der Waals surface area contributed by atoms with Crippen molar-refractivity contribution < 1.29 is 23.6 Å². The molecule has 7 nitrogen and oxygen atoms in total. The molecule has 4 rings (SSSR count). The van der Waals surface area contributed by atoms with Crippen LogP contribution in [-0.4, -0.2) is 22.9 Å². The number of benzene rings is 4. The largest absolute Gasteiger partial charge is 0.423 e. The van der Waals surface area contributed by atoms with Gasteiger partial charge in [0.25, 0.3) is 5.69 Å². The van der Waals surface area contributed by atoms with E-state index in [0.717, 1.165) is 17.2 Å². The summed E-state index contributed by atoms with van der Waals surface area (Å²) in [7, 11) is 0. The van der Waals surface area contributed by atoms with Crippen molar-refractivity contribution in [2.24, 2.45) is 4.99 Å². The number of nitrogens with zero attached hydrogens (tertiary/aromatic N) is 2. The van der Waals surface area contributed by atoms with Crippen LogP contribution in [0.1, 0.15) is 31.8 Å². The topological polar surface area (TPSA) is 98.9 Å². The molecule has 0 bridgehead atoms. The van der Waals surface area contributed by atoms with Crippen molar-refractivity contribution in [3.63, 3.8) is 0 Å². The van der Waals surface area contributed by atoms with Crippen molar-refractivity contribution >= 4 is 35.4 Å². The first kappa shape index (κ1) is 24.9. The van der Waals surface area contributed by atoms with Crippen LogP contribution in [0.15, 0.2) is 108 Å². The first-order chi connectivity index (χ1) is 17.9. The third-order valence-corrected chi connectivity index (χ3v) is 5.20. The SMILES string of the molecule is O=C(C=Cc1ccc(F)cc1)c1ccc(N=Cc2ccc(OC(=O)c3cccc([N+](=O)[O-])c3)cc2)cc1. The first-order valence-electron chi connectivity index (χ1n) is 11.1. The van der Waals surface area contributed by atoms with Gasteiger partial charge in [0.1, 0.15) is 11.6 Å². The highest BCUT2D eigenvalue weighted by molar-refractivity contribution is 6.07. The molecule has 0 saturated heterocycles. The molecule has 0 spiro atoms. The predicted molar refractivity (Wildman–Crippen MR) is 138 cm³/mol. The maximum atomic E-state index is 13.0. The van der Waals surface area contributed by atoms with E-state index in [0.29, 0.717) is 11.3 Å². The zero-order valence-electron chi connectivity index (χ0n) is 19.3. The Hall–Kier alpha value is -5.24. The van der Waals surface area contributed by atoms with E-state index in [1.165, 1.54) is 36.4 Å². The average Bonchev–Trinajstić information content (AvgIpc) is 2.92. The van der Waals surface area contributed by atoms with E-state index in [9.17, 15) is 24.1 Å². The lowest BCUT2D eigenvalue weighted by Gasteiger charge is -2.04. The molecule has 0 fully saturated rings. The molecule has 0 unspecified atom stereocenters. The van der Waals surface area contributed by atoms with Crippen LogP contribution in [-0.2, 0) is 0 Å². The fourth-order valence-electron chi connectivity index (χ4n) is 3.24. The third-order valence-electron chi connectivity index (χ3n) is 5.20. The Kier molecular flexibility index (Phi) is 7.70. The number of esters is 1. The van der Waals surface area contributed by atoms with E-state index in [2.05, 4.69) is 4.99 Å². The molecule has 0 saturated carbocycles. The van der Waals surface area contributed by atoms with Gasteiger partial charge < -0.3 is 4.74 Å². The highest BCUT2D eigenvalue weighted by Gasteiger charge is 2.13. The number of carbonyl (C=O) groups is 2. The summed E-state index contributed by atoms with van der Waals surface area (Å²) < 4.78 is 18.3. The number of aliphatic imine (C=N–C) groups is 1. The fourth-order valence-corrected chi connectivity index (χ4v) is 3.24. The van der Waals surface area contributed by atoms with Gasteiger partial charge in [0.15, 0.2) is 5.78 Å². The van der Waals surface area contributed by atoms with Crippen LogP contribution in [0, 0.1) is 15.9 Å². The third kappa shape index (κ3) is 6.89. The summed E-state index contributed by atoms with van der Waals surface area (Å²) in [6.45, 7) is 0. The quantitative estimate of drug-likeness (QED) is 0.0523. The molecule has 0 aromatic heterocycles. The van der Waals surface area contributed by atoms with Gasteiger partial charge in [-0.3, -0.25) is 19.9 Å². The smallest absolute Gasteiger partial charge is 0.343 e. The van der Waals surface area contributed by atoms with Gasteiger partial charge in [0.2, 0.25) is 0 Å². The lowest BCUT2D eigenvalue weighted by atomic mass is 10.1. The molecule has 37 heavy (non-hydrogen) atoms. The van der Waals surface area contributed by atoms with Gasteiger partial charge in [-0.1, -0.05) is 24.3 Å². The minimum atomic E-state index is -0.702. The fraction of sp³-hybridized carbons (Fsp3) is 0. The number of rotatable bonds is 8. The van der Waals surface area contributed by atoms with Crippen LogP contribution in [0.3, 0.4) is 0 Å². The van der Waals surface area contributed by atoms with Crippen molar-refractivity contribution in [3.8, 4) is 5.75 Å². The molecule has 0 aliphatic rings. The number of nitro benzene ring substituents is 1. The van der Waals surface area contributed by atoms with Gasteiger partial charge >= 0.3 is 5.97 Å². The van der Waals surface area contributed by atoms with E-state index in [4.69, 9.17) is 4.74 Å². The number of allylic oxidation sites excluding steroid dienone is 1. The monoisotopic (exact) mass is 494 g/mol. The van der Waals surface area contributed by atoms with Crippen LogP contribution in [0.4, 0.5) is 15.8 Å². The molecule has 0 heterocycles. The molecule has 0 N–H and O–H groups in total. The summed E-state index contributed by atoms with van der Waals surface area (Å²) in [6, 6.07) is 24.5. The molecule has 4 aromatic rings. The Morgan fingerprint density at radius 2 is 1.51 bits per heavy atom. The van der Waals surface area contributed by atoms with Crippen molar-refractivity contribution in [1.29, 1.82) is 0 Å². The van der Waals surface area contributed by atoms with Crippen molar-refractivity contribution in [2.75, 3.05) is 0 Å². The zero-order valence-corrected chi connectivity index (χ0v) is 19.3. The lowest BCUT2D eigenvalue weighted by molar-refractivity contribution is -0.384. The standard InChI is InChI=1S/C29H19FN2O5/c30-24-11-4-20(5-12-24)8-17-28(33)22-9-13-25(14-10-22)31-19-21-6-15-27(16-7-21)37-29(34)23-2-1-3-26(18-23)32(35)36/h1-19H. The average molecular weight is 494 g/mol. The molecule has 0 aliphatic carbocycles. The minimum Gasteiger partial charge on any atom is -0.423 e. The number of ether oxygens (including phenoxy) is 1. The van der Waals surface area contributed by atoms with Gasteiger partial charge in [-0.25, -0.2) is 9.18 Å². The molecule has 0 amide bonds. The van der Waals surface area contributed by atoms with E-state index >= 15 is 0 Å². The molecule has 0 atom stereocenters. The first-order valence-corrected chi connectivity index (χ1v) is 11.1. The Balaban J connectivity index is 1.34. The van der Waals surface area contributed by atoms with Gasteiger partial charge in [-0.05, 0) is 83.9 Å². The highest BCUT2D eigenvalue weighted by atomic mass is 19.1. The van der Waals surface area contributed by atoms with E-state index in [-0.39, 0.29) is 28.6 Å². The lowest BCUT2D eigenvalue weighted by Crippen LogP contribution is -2.08. The maximum Gasteiger partial charge on any atom is 0.343 e. The number of carbonyl (C=O) groups excluding carboxylic acids is 2. The molecular weight excluding hydrogens is 475 g/mol. The minimum absolute atomic E-state index is 0.0766. The van der Waals surface area contributed by atoms with Gasteiger partial charge in [0, 0.05) is 23.9 Å². The van der Waals surface area contributed by atoms with Gasteiger partial charge in [0.05, 0.1) is 16.2 Å². The molecule has 0 aliphatic heterocycles. The number of nitro groups is 1. The second-order valence-electron chi connectivity index (χ2n) is 7.82. The van der Waals surface area contributed by atoms with Gasteiger partial charge in [-0.2, -0.15) is 0 Å².